The summed E-state index contributed by atoms with van der Waals surface area (Å²) in [6.07, 6.45) is -1.35. The lowest BCUT2D eigenvalue weighted by Gasteiger charge is -2.12. The van der Waals surface area contributed by atoms with E-state index in [0.29, 0.717) is 11.3 Å². The molecule has 0 spiro atoms. The minimum absolute atomic E-state index is 0.0391. The van der Waals surface area contributed by atoms with Crippen molar-refractivity contribution in [2.24, 2.45) is 0 Å². The number of nitrogens with zero attached hydrogens (tertiary/aromatic N) is 2. The molecular weight excluding hydrogens is 385 g/mol. The third kappa shape index (κ3) is 3.46. The van der Waals surface area contributed by atoms with Gasteiger partial charge in [-0.25, -0.2) is 4.98 Å². The van der Waals surface area contributed by atoms with E-state index in [1.807, 2.05) is 0 Å². The van der Waals surface area contributed by atoms with Crippen molar-refractivity contribution in [2.75, 3.05) is 0 Å². The smallest absolute Gasteiger partial charge is 0.416 e. The molecule has 2 aromatic carbocycles. The second-order valence-electron chi connectivity index (χ2n) is 5.25. The number of imidazole rings is 1. The van der Waals surface area contributed by atoms with Crippen LogP contribution in [0.15, 0.2) is 59.5 Å². The maximum absolute atomic E-state index is 13.1. The quantitative estimate of drug-likeness (QED) is 0.669. The first-order valence-corrected chi connectivity index (χ1v) is 7.79. The Hall–Kier alpha value is -2.28. The van der Waals surface area contributed by atoms with Crippen molar-refractivity contribution in [3.8, 4) is 17.0 Å². The molecule has 7 heteroatoms. The number of benzene rings is 2. The van der Waals surface area contributed by atoms with Crippen LogP contribution in [0.2, 0.25) is 0 Å². The highest BCUT2D eigenvalue weighted by Gasteiger charge is 2.32. The Morgan fingerprint density at radius 1 is 1.12 bits per heavy atom. The molecule has 0 unspecified atom stereocenters. The fourth-order valence-corrected chi connectivity index (χ4v) is 2.79. The molecule has 3 rings (SSSR count). The highest BCUT2D eigenvalue weighted by molar-refractivity contribution is 9.10. The summed E-state index contributed by atoms with van der Waals surface area (Å²) in [5, 5.41) is 9.92. The molecule has 3 nitrogen and oxygen atoms in total. The van der Waals surface area contributed by atoms with Gasteiger partial charge in [-0.2, -0.15) is 13.2 Å². The molecule has 1 heterocycles. The lowest BCUT2D eigenvalue weighted by molar-refractivity contribution is -0.138. The van der Waals surface area contributed by atoms with Crippen LogP contribution in [0.5, 0.6) is 5.75 Å². The maximum atomic E-state index is 13.1. The van der Waals surface area contributed by atoms with E-state index < -0.39 is 11.7 Å². The molecule has 0 amide bonds. The number of aromatic nitrogens is 2. The first-order valence-electron chi connectivity index (χ1n) is 7.00. The number of halogens is 4. The van der Waals surface area contributed by atoms with Gasteiger partial charge >= 0.3 is 6.18 Å². The standard InChI is InChI=1S/C17H12BrF3N2O/c18-12-5-6-16(24)13(7-12)15-9-23(10-22-15)8-11-3-1-2-4-14(11)17(19,20)21/h1-7,9-10,24H,8H2. The van der Waals surface area contributed by atoms with Crippen molar-refractivity contribution in [3.05, 3.63) is 70.6 Å². The SMILES string of the molecule is Oc1ccc(Br)cc1-c1cn(Cc2ccccc2C(F)(F)F)cn1. The van der Waals surface area contributed by atoms with Crippen LogP contribution in [0.25, 0.3) is 11.3 Å². The molecule has 0 radical (unpaired) electrons. The first-order chi connectivity index (χ1) is 11.3. The van der Waals surface area contributed by atoms with E-state index in [0.717, 1.165) is 10.5 Å². The summed E-state index contributed by atoms with van der Waals surface area (Å²) in [6, 6.07) is 10.4. The summed E-state index contributed by atoms with van der Waals surface area (Å²) < 4.78 is 41.5. The Morgan fingerprint density at radius 2 is 1.88 bits per heavy atom. The minimum Gasteiger partial charge on any atom is -0.507 e. The lowest BCUT2D eigenvalue weighted by Crippen LogP contribution is -2.11. The van der Waals surface area contributed by atoms with Crippen molar-refractivity contribution in [3.63, 3.8) is 0 Å². The summed E-state index contributed by atoms with van der Waals surface area (Å²) in [6.45, 7) is 0.0391. The van der Waals surface area contributed by atoms with Gasteiger partial charge < -0.3 is 9.67 Å². The third-order valence-corrected chi connectivity index (χ3v) is 4.04. The van der Waals surface area contributed by atoms with E-state index in [-0.39, 0.29) is 17.9 Å². The normalized spacial score (nSPS) is 11.7. The van der Waals surface area contributed by atoms with Crippen LogP contribution in [0, 0.1) is 0 Å². The topological polar surface area (TPSA) is 38.0 Å². The molecule has 0 aliphatic rings. The summed E-state index contributed by atoms with van der Waals surface area (Å²) in [4.78, 5) is 4.18. The van der Waals surface area contributed by atoms with Crippen LogP contribution >= 0.6 is 15.9 Å². The molecule has 0 atom stereocenters. The Morgan fingerprint density at radius 3 is 2.62 bits per heavy atom. The second kappa shape index (κ2) is 6.32. The summed E-state index contributed by atoms with van der Waals surface area (Å²) >= 11 is 3.31. The van der Waals surface area contributed by atoms with E-state index in [1.54, 1.807) is 29.0 Å². The fraction of sp³-hybridized carbons (Fsp3) is 0.118. The third-order valence-electron chi connectivity index (χ3n) is 3.54. The van der Waals surface area contributed by atoms with Gasteiger partial charge in [-0.1, -0.05) is 34.1 Å². The second-order valence-corrected chi connectivity index (χ2v) is 6.16. The Balaban J connectivity index is 1.92. The molecule has 0 aliphatic heterocycles. The van der Waals surface area contributed by atoms with Gasteiger partial charge in [0.15, 0.2) is 0 Å². The Labute approximate surface area is 144 Å². The number of alkyl halides is 3. The van der Waals surface area contributed by atoms with Crippen molar-refractivity contribution in [1.29, 1.82) is 0 Å². The highest BCUT2D eigenvalue weighted by atomic mass is 79.9. The molecule has 0 saturated heterocycles. The first kappa shape index (κ1) is 16.6. The summed E-state index contributed by atoms with van der Waals surface area (Å²) in [5.74, 6) is 0.0548. The average molecular weight is 397 g/mol. The molecule has 3 aromatic rings. The predicted octanol–water partition coefficient (Wildman–Crippen LogP) is 5.09. The molecular formula is C17H12BrF3N2O. The van der Waals surface area contributed by atoms with Crippen LogP contribution < -0.4 is 0 Å². The van der Waals surface area contributed by atoms with Gasteiger partial charge in [0.05, 0.1) is 17.6 Å². The van der Waals surface area contributed by atoms with Crippen molar-refractivity contribution >= 4 is 15.9 Å². The van der Waals surface area contributed by atoms with Crippen LogP contribution in [0.3, 0.4) is 0 Å². The van der Waals surface area contributed by atoms with Crippen LogP contribution in [-0.2, 0) is 12.7 Å². The zero-order valence-electron chi connectivity index (χ0n) is 12.3. The monoisotopic (exact) mass is 396 g/mol. The van der Waals surface area contributed by atoms with Crippen LogP contribution in [0.1, 0.15) is 11.1 Å². The fourth-order valence-electron chi connectivity index (χ4n) is 2.43. The Kier molecular flexibility index (Phi) is 4.36. The zero-order chi connectivity index (χ0) is 17.3. The summed E-state index contributed by atoms with van der Waals surface area (Å²) in [5.41, 5.74) is 0.489. The molecule has 124 valence electrons. The van der Waals surface area contributed by atoms with Gasteiger partial charge in [0.2, 0.25) is 0 Å². The molecule has 0 saturated carbocycles. The number of aromatic hydroxyl groups is 1. The highest BCUT2D eigenvalue weighted by Crippen LogP contribution is 2.33. The summed E-state index contributed by atoms with van der Waals surface area (Å²) in [7, 11) is 0. The van der Waals surface area contributed by atoms with E-state index in [2.05, 4.69) is 20.9 Å². The van der Waals surface area contributed by atoms with Gasteiger partial charge in [-0.15, -0.1) is 0 Å². The molecule has 0 fully saturated rings. The number of rotatable bonds is 3. The maximum Gasteiger partial charge on any atom is 0.416 e. The van der Waals surface area contributed by atoms with Gasteiger partial charge in [0, 0.05) is 22.8 Å². The lowest BCUT2D eigenvalue weighted by atomic mass is 10.1. The molecule has 24 heavy (non-hydrogen) atoms. The number of phenols is 1. The van der Waals surface area contributed by atoms with E-state index in [4.69, 9.17) is 0 Å². The average Bonchev–Trinajstić information content (AvgIpc) is 2.97. The molecule has 0 bridgehead atoms. The number of phenolic OH excluding ortho intramolecular Hbond substituents is 1. The molecule has 0 aliphatic carbocycles. The van der Waals surface area contributed by atoms with E-state index in [1.165, 1.54) is 24.5 Å². The zero-order valence-corrected chi connectivity index (χ0v) is 13.8. The largest absolute Gasteiger partial charge is 0.507 e. The molecule has 1 N–H and O–H groups in total. The van der Waals surface area contributed by atoms with Gasteiger partial charge in [0.1, 0.15) is 5.75 Å². The van der Waals surface area contributed by atoms with Gasteiger partial charge in [-0.05, 0) is 29.8 Å². The van der Waals surface area contributed by atoms with Crippen LogP contribution in [0.4, 0.5) is 13.2 Å². The van der Waals surface area contributed by atoms with E-state index >= 15 is 0 Å². The Bertz CT molecular complexity index is 874. The van der Waals surface area contributed by atoms with Crippen molar-refractivity contribution in [1.82, 2.24) is 9.55 Å². The number of hydrogen-bond donors (Lipinski definition) is 1. The van der Waals surface area contributed by atoms with Crippen LogP contribution in [-0.4, -0.2) is 14.7 Å². The van der Waals surface area contributed by atoms with Crippen molar-refractivity contribution < 1.29 is 18.3 Å². The van der Waals surface area contributed by atoms with Gasteiger partial charge in [0.25, 0.3) is 0 Å². The minimum atomic E-state index is -4.40. The predicted molar refractivity (Wildman–Crippen MR) is 87.6 cm³/mol. The molecule has 1 aromatic heterocycles. The van der Waals surface area contributed by atoms with Gasteiger partial charge in [-0.3, -0.25) is 0 Å². The van der Waals surface area contributed by atoms with E-state index in [9.17, 15) is 18.3 Å². The number of hydrogen-bond acceptors (Lipinski definition) is 2. The van der Waals surface area contributed by atoms with Crippen molar-refractivity contribution in [2.45, 2.75) is 12.7 Å².